The lowest BCUT2D eigenvalue weighted by molar-refractivity contribution is -0.289. The molecule has 2 aromatic heterocycles. The Kier molecular flexibility index (Phi) is 8.68. The summed E-state index contributed by atoms with van der Waals surface area (Å²) >= 11 is 0. The highest BCUT2D eigenvalue weighted by atomic mass is 19.4. The summed E-state index contributed by atoms with van der Waals surface area (Å²) in [7, 11) is 0. The number of nitrogens with one attached hydrogen (secondary N) is 1. The number of carbonyl (C=O) groups is 2. The Morgan fingerprint density at radius 1 is 0.978 bits per heavy atom. The van der Waals surface area contributed by atoms with Crippen molar-refractivity contribution in [1.82, 2.24) is 15.2 Å². The molecule has 2 aromatic rings. The molecule has 15 heteroatoms. The van der Waals surface area contributed by atoms with Crippen molar-refractivity contribution in [3.63, 3.8) is 0 Å². The minimum Gasteiger partial charge on any atom is -0.444 e. The van der Waals surface area contributed by atoms with E-state index in [-0.39, 0.29) is 25.7 Å². The van der Waals surface area contributed by atoms with Crippen LogP contribution in [-0.4, -0.2) is 45.4 Å². The molecule has 0 aromatic carbocycles. The molecule has 3 aliphatic rings. The van der Waals surface area contributed by atoms with Crippen molar-refractivity contribution in [2.45, 2.75) is 89.3 Å². The molecule has 46 heavy (non-hydrogen) atoms. The van der Waals surface area contributed by atoms with E-state index in [4.69, 9.17) is 13.9 Å². The summed E-state index contributed by atoms with van der Waals surface area (Å²) in [6, 6.07) is 0.473. The lowest BCUT2D eigenvalue weighted by Crippen LogP contribution is -2.45. The number of hydrogen-bond acceptors (Lipinski definition) is 8. The van der Waals surface area contributed by atoms with Gasteiger partial charge in [-0.1, -0.05) is 30.4 Å². The van der Waals surface area contributed by atoms with Gasteiger partial charge in [0.25, 0.3) is 11.8 Å². The van der Waals surface area contributed by atoms with Crippen LogP contribution in [0.1, 0.15) is 87.7 Å². The number of hydrogen-bond donors (Lipinski definition) is 1. The highest BCUT2D eigenvalue weighted by Gasteiger charge is 2.61. The molecule has 2 aliphatic carbocycles. The first-order valence-corrected chi connectivity index (χ1v) is 14.7. The Balaban J connectivity index is 1.70. The number of nitrogens with zero attached hydrogens (tertiary/aromatic N) is 3. The molecule has 1 unspecified atom stereocenters. The second-order valence-corrected chi connectivity index (χ2v) is 12.5. The molecule has 0 radical (unpaired) electrons. The summed E-state index contributed by atoms with van der Waals surface area (Å²) in [5, 5.41) is 9.49. The van der Waals surface area contributed by atoms with Gasteiger partial charge in [-0.2, -0.15) is 26.3 Å². The number of allylic oxidation sites excluding steroid dienone is 3. The van der Waals surface area contributed by atoms with E-state index in [0.29, 0.717) is 18.1 Å². The van der Waals surface area contributed by atoms with Crippen LogP contribution >= 0.6 is 0 Å². The predicted molar refractivity (Wildman–Crippen MR) is 152 cm³/mol. The Hall–Kier alpha value is -4.01. The van der Waals surface area contributed by atoms with Gasteiger partial charge in [0.2, 0.25) is 5.60 Å². The molecule has 0 saturated heterocycles. The van der Waals surface area contributed by atoms with Gasteiger partial charge < -0.3 is 13.9 Å². The Labute approximate surface area is 260 Å². The molecule has 1 spiro atoms. The molecule has 1 N–H and O–H groups in total. The molecule has 1 fully saturated rings. The number of Topliss-reactive ketones (excluding diaryl/α,β-unsaturated/α-hetero) is 1. The smallest absolute Gasteiger partial charge is 0.426 e. The van der Waals surface area contributed by atoms with E-state index in [9.17, 15) is 22.8 Å². The van der Waals surface area contributed by atoms with Gasteiger partial charge >= 0.3 is 18.4 Å². The number of halogens is 6. The number of aromatic nitrogens is 3. The quantitative estimate of drug-likeness (QED) is 0.259. The van der Waals surface area contributed by atoms with E-state index in [1.807, 2.05) is 0 Å². The number of fused-ring (bicyclic) bond motifs is 5. The lowest BCUT2D eigenvalue weighted by atomic mass is 9.89. The normalized spacial score (nSPS) is 22.2. The molecule has 1 amide bonds. The fourth-order valence-electron chi connectivity index (χ4n) is 5.28. The Bertz CT molecular complexity index is 1600. The van der Waals surface area contributed by atoms with Gasteiger partial charge in [-0.05, 0) is 70.9 Å². The van der Waals surface area contributed by atoms with Crippen molar-refractivity contribution in [3.8, 4) is 11.6 Å². The van der Waals surface area contributed by atoms with Crippen LogP contribution in [0.3, 0.4) is 0 Å². The maximum absolute atomic E-state index is 15.0. The summed E-state index contributed by atoms with van der Waals surface area (Å²) < 4.78 is 104. The summed E-state index contributed by atoms with van der Waals surface area (Å²) in [6.45, 7) is 4.10. The summed E-state index contributed by atoms with van der Waals surface area (Å²) in [6.07, 6.45) is -2.21. The maximum atomic E-state index is 15.0. The van der Waals surface area contributed by atoms with E-state index in [1.165, 1.54) is 32.9 Å². The number of anilines is 1. The number of carbonyl (C=O) groups excluding carboxylic acids is 2. The maximum Gasteiger partial charge on any atom is 0.426 e. The van der Waals surface area contributed by atoms with Crippen LogP contribution in [0.4, 0.5) is 36.8 Å². The number of pyridine rings is 1. The number of rotatable bonds is 4. The zero-order chi connectivity index (χ0) is 33.5. The van der Waals surface area contributed by atoms with E-state index in [0.717, 1.165) is 6.42 Å². The van der Waals surface area contributed by atoms with Gasteiger partial charge in [-0.3, -0.25) is 10.1 Å². The van der Waals surface area contributed by atoms with Crippen molar-refractivity contribution in [2.24, 2.45) is 5.41 Å². The average Bonchev–Trinajstić information content (AvgIpc) is 3.58. The predicted octanol–water partition coefficient (Wildman–Crippen LogP) is 8.25. The summed E-state index contributed by atoms with van der Waals surface area (Å²) in [5.41, 5.74) is -8.61. The van der Waals surface area contributed by atoms with Crippen molar-refractivity contribution in [3.05, 3.63) is 59.2 Å². The fourth-order valence-corrected chi connectivity index (χ4v) is 5.28. The molecule has 9 nitrogen and oxygen atoms in total. The lowest BCUT2D eigenvalue weighted by Gasteiger charge is -2.32. The highest BCUT2D eigenvalue weighted by Crippen LogP contribution is 2.54. The van der Waals surface area contributed by atoms with Crippen LogP contribution in [-0.2, 0) is 21.3 Å². The fraction of sp³-hybridized carbons (Fsp3) is 0.516. The van der Waals surface area contributed by atoms with E-state index in [1.54, 1.807) is 18.2 Å². The van der Waals surface area contributed by atoms with Crippen LogP contribution in [0.25, 0.3) is 11.6 Å². The Morgan fingerprint density at radius 3 is 2.33 bits per heavy atom. The molecule has 5 rings (SSSR count). The van der Waals surface area contributed by atoms with Gasteiger partial charge in [0.1, 0.15) is 11.3 Å². The van der Waals surface area contributed by atoms with E-state index in [2.05, 4.69) is 20.5 Å². The first kappa shape index (κ1) is 33.4. The number of amides is 1. The number of ketones is 1. The van der Waals surface area contributed by atoms with Gasteiger partial charge in [-0.25, -0.2) is 9.78 Å². The van der Waals surface area contributed by atoms with Crippen molar-refractivity contribution < 1.29 is 49.8 Å². The molecule has 4 bridgehead atoms. The molecule has 1 atom stereocenters. The second-order valence-electron chi connectivity index (χ2n) is 12.5. The average molecular weight is 655 g/mol. The minimum atomic E-state index is -5.10. The van der Waals surface area contributed by atoms with Crippen LogP contribution in [0.5, 0.6) is 0 Å². The van der Waals surface area contributed by atoms with Crippen LogP contribution in [0.2, 0.25) is 0 Å². The monoisotopic (exact) mass is 654 g/mol. The van der Waals surface area contributed by atoms with Crippen molar-refractivity contribution in [1.29, 1.82) is 0 Å². The molecule has 248 valence electrons. The van der Waals surface area contributed by atoms with E-state index >= 15 is 13.2 Å². The van der Waals surface area contributed by atoms with E-state index < -0.39 is 88.3 Å². The first-order chi connectivity index (χ1) is 21.4. The zero-order valence-corrected chi connectivity index (χ0v) is 25.3. The summed E-state index contributed by atoms with van der Waals surface area (Å²) in [5.74, 6) is -2.69. The van der Waals surface area contributed by atoms with Gasteiger partial charge in [0.05, 0.1) is 17.9 Å². The largest absolute Gasteiger partial charge is 0.444 e. The molecule has 1 aliphatic heterocycles. The third-order valence-corrected chi connectivity index (χ3v) is 7.86. The van der Waals surface area contributed by atoms with Crippen LogP contribution < -0.4 is 5.32 Å². The zero-order valence-electron chi connectivity index (χ0n) is 25.3. The molecular weight excluding hydrogens is 622 g/mol. The molecule has 1 saturated carbocycles. The van der Waals surface area contributed by atoms with Crippen molar-refractivity contribution in [2.75, 3.05) is 11.9 Å². The topological polar surface area (TPSA) is 116 Å². The minimum absolute atomic E-state index is 0.0878. The van der Waals surface area contributed by atoms with Gasteiger partial charge in [-0.15, -0.1) is 10.2 Å². The number of alkyl halides is 6. The highest BCUT2D eigenvalue weighted by molar-refractivity contribution is 6.03. The summed E-state index contributed by atoms with van der Waals surface area (Å²) in [4.78, 5) is 30.3. The molecular formula is C31H32F6N4O5. The SMILES string of the molecule is CC(C)(C)OC(=O)Nc1cc(C(F)(F)F)c2nc1-c1nnc(o1)C(OCC1=CCCC=C1)(C(F)(F)F)C/C=C/CCC1(CC1)C2=O. The van der Waals surface area contributed by atoms with Crippen molar-refractivity contribution >= 4 is 17.6 Å². The van der Waals surface area contributed by atoms with Gasteiger partial charge in [0, 0.05) is 11.8 Å². The standard InChI is InChI=1S/C31H32F6N4O5/c1-27(2,3)46-26(43)38-20-16-19(30(32,33)34)21-23(42)28(14-15-28)12-8-5-9-13-29(31(35,36)37,44-17-18-10-6-4-7-11-18)25-41-40-24(45-25)22(20)39-21/h5-6,9-11,16H,4,7-8,12-15,17H2,1-3H3,(H,38,43)/b9-5+. The third-order valence-electron chi connectivity index (χ3n) is 7.86. The van der Waals surface area contributed by atoms with Crippen LogP contribution in [0.15, 0.2) is 46.4 Å². The van der Waals surface area contributed by atoms with Gasteiger partial charge in [0.15, 0.2) is 11.5 Å². The number of ether oxygens (including phenoxy) is 2. The second kappa shape index (κ2) is 12.0. The third kappa shape index (κ3) is 6.88. The first-order valence-electron chi connectivity index (χ1n) is 14.7. The molecule has 3 heterocycles. The van der Waals surface area contributed by atoms with Crippen LogP contribution in [0, 0.1) is 5.41 Å². The Morgan fingerprint density at radius 2 is 1.72 bits per heavy atom.